The van der Waals surface area contributed by atoms with E-state index in [4.69, 9.17) is 16.6 Å². The molecule has 1 heterocycles. The normalized spacial score (nSPS) is 25.3. The van der Waals surface area contributed by atoms with Crippen LogP contribution in [0.5, 0.6) is 0 Å². The third kappa shape index (κ3) is 2.94. The maximum absolute atomic E-state index is 12.3. The highest BCUT2D eigenvalue weighted by Crippen LogP contribution is 2.35. The van der Waals surface area contributed by atoms with Gasteiger partial charge in [0, 0.05) is 17.5 Å². The fraction of sp³-hybridized carbons (Fsp3) is 0.500. The largest absolute Gasteiger partial charge is 0.429 e. The fourth-order valence-corrected chi connectivity index (χ4v) is 3.26. The Hall–Kier alpha value is -1.66. The number of carbonyl (C=O) groups is 1. The van der Waals surface area contributed by atoms with E-state index in [-0.39, 0.29) is 17.4 Å². The molecule has 3 rings (SSSR count). The van der Waals surface area contributed by atoms with Gasteiger partial charge in [-0.2, -0.15) is 0 Å². The Morgan fingerprint density at radius 3 is 3.14 bits per heavy atom. The quantitative estimate of drug-likeness (QED) is 0.759. The van der Waals surface area contributed by atoms with E-state index < -0.39 is 0 Å². The van der Waals surface area contributed by atoms with Gasteiger partial charge in [-0.15, -0.1) is 0 Å². The summed E-state index contributed by atoms with van der Waals surface area (Å²) in [5.41, 5.74) is 1.63. The van der Waals surface area contributed by atoms with Crippen LogP contribution in [0.15, 0.2) is 22.6 Å². The summed E-state index contributed by atoms with van der Waals surface area (Å²) in [6.07, 6.45) is 3.53. The molecule has 6 heteroatoms. The number of hydrogen-bond donors (Lipinski definition) is 3. The van der Waals surface area contributed by atoms with Crippen molar-refractivity contribution in [2.75, 3.05) is 6.54 Å². The Morgan fingerprint density at radius 1 is 1.55 bits per heavy atom. The molecule has 2 aromatic rings. The predicted octanol–water partition coefficient (Wildman–Crippen LogP) is 3.16. The first-order valence-electron chi connectivity index (χ1n) is 7.57. The van der Waals surface area contributed by atoms with Crippen LogP contribution in [0.3, 0.4) is 0 Å². The lowest BCUT2D eigenvalue weighted by molar-refractivity contribution is 0.00190. The lowest BCUT2D eigenvalue weighted by atomic mass is 9.73. The molecular weight excluding hydrogens is 300 g/mol. The number of aromatic amines is 1. The van der Waals surface area contributed by atoms with Crippen molar-refractivity contribution in [1.82, 2.24) is 10.3 Å². The molecule has 1 aromatic carbocycles. The minimum absolute atomic E-state index is 0.164. The Bertz CT molecular complexity index is 751. The minimum Gasteiger partial charge on any atom is -0.429 e. The van der Waals surface area contributed by atoms with Crippen LogP contribution in [0, 0.1) is 10.3 Å². The van der Waals surface area contributed by atoms with Crippen molar-refractivity contribution < 1.29 is 14.3 Å². The van der Waals surface area contributed by atoms with Crippen LogP contribution in [0.4, 0.5) is 0 Å². The van der Waals surface area contributed by atoms with Gasteiger partial charge in [0.1, 0.15) is 0 Å². The molecule has 0 unspecified atom stereocenters. The second-order valence-electron chi connectivity index (χ2n) is 6.32. The van der Waals surface area contributed by atoms with Gasteiger partial charge in [0.2, 0.25) is 0 Å². The number of aliphatic hydroxyl groups is 1. The first-order valence-corrected chi connectivity index (χ1v) is 7.98. The van der Waals surface area contributed by atoms with E-state index in [1.54, 1.807) is 18.2 Å². The summed E-state index contributed by atoms with van der Waals surface area (Å²) >= 11 is 4.94. The number of benzene rings is 1. The zero-order valence-electron chi connectivity index (χ0n) is 12.5. The van der Waals surface area contributed by atoms with Gasteiger partial charge in [-0.3, -0.25) is 4.79 Å². The number of carbonyl (C=O) groups excluding carboxylic acids is 1. The molecule has 0 bridgehead atoms. The second kappa shape index (κ2) is 5.85. The van der Waals surface area contributed by atoms with Gasteiger partial charge in [-0.25, -0.2) is 0 Å². The number of nitrogens with one attached hydrogen (secondary N) is 2. The van der Waals surface area contributed by atoms with Gasteiger partial charge in [0.05, 0.1) is 11.6 Å². The number of oxazole rings is 1. The number of aromatic nitrogens is 1. The van der Waals surface area contributed by atoms with Crippen molar-refractivity contribution in [3.8, 4) is 0 Å². The topological polar surface area (TPSA) is 78.3 Å². The van der Waals surface area contributed by atoms with E-state index >= 15 is 0 Å². The SMILES string of the molecule is C[C@@]1(CNC(=O)c2ccc3[nH]c(=S)oc3c2)CCCC[C@@H]1O. The van der Waals surface area contributed by atoms with Crippen molar-refractivity contribution in [3.05, 3.63) is 28.6 Å². The van der Waals surface area contributed by atoms with Crippen molar-refractivity contribution in [2.24, 2.45) is 5.41 Å². The molecule has 5 nitrogen and oxygen atoms in total. The number of amides is 1. The van der Waals surface area contributed by atoms with Crippen LogP contribution in [-0.2, 0) is 0 Å². The maximum atomic E-state index is 12.3. The standard InChI is InChI=1S/C16H20N2O3S/c1-16(7-3-2-4-13(16)19)9-17-14(20)10-5-6-11-12(8-10)21-15(22)18-11/h5-6,8,13,19H,2-4,7,9H2,1H3,(H,17,20)(H,18,22)/t13-,16-/m0/s1. The number of aliphatic hydroxyl groups excluding tert-OH is 1. The number of fused-ring (bicyclic) bond motifs is 1. The maximum Gasteiger partial charge on any atom is 0.266 e. The van der Waals surface area contributed by atoms with Crippen LogP contribution in [0.1, 0.15) is 43.0 Å². The summed E-state index contributed by atoms with van der Waals surface area (Å²) in [4.78, 5) is 15.5. The Kier molecular flexibility index (Phi) is 4.06. The molecule has 1 fully saturated rings. The molecule has 0 saturated heterocycles. The van der Waals surface area contributed by atoms with Crippen molar-refractivity contribution >= 4 is 29.2 Å². The average Bonchev–Trinajstić information content (AvgIpc) is 2.87. The van der Waals surface area contributed by atoms with Crippen LogP contribution < -0.4 is 5.32 Å². The molecule has 0 spiro atoms. The first-order chi connectivity index (χ1) is 10.5. The molecular formula is C16H20N2O3S. The third-order valence-electron chi connectivity index (χ3n) is 4.62. The highest BCUT2D eigenvalue weighted by atomic mass is 32.1. The van der Waals surface area contributed by atoms with E-state index in [1.807, 2.05) is 6.92 Å². The summed E-state index contributed by atoms with van der Waals surface area (Å²) in [5, 5.41) is 13.1. The van der Waals surface area contributed by atoms with Crippen LogP contribution in [0.25, 0.3) is 11.1 Å². The summed E-state index contributed by atoms with van der Waals surface area (Å²) < 4.78 is 5.33. The van der Waals surface area contributed by atoms with Gasteiger partial charge in [-0.1, -0.05) is 19.8 Å². The van der Waals surface area contributed by atoms with Crippen molar-refractivity contribution in [1.29, 1.82) is 0 Å². The molecule has 1 amide bonds. The molecule has 1 aliphatic carbocycles. The summed E-state index contributed by atoms with van der Waals surface area (Å²) in [7, 11) is 0. The predicted molar refractivity (Wildman–Crippen MR) is 86.3 cm³/mol. The Balaban J connectivity index is 1.71. The molecule has 0 radical (unpaired) electrons. The summed E-state index contributed by atoms with van der Waals surface area (Å²) in [6, 6.07) is 5.19. The highest BCUT2D eigenvalue weighted by molar-refractivity contribution is 7.71. The van der Waals surface area contributed by atoms with E-state index in [1.165, 1.54) is 0 Å². The van der Waals surface area contributed by atoms with E-state index in [2.05, 4.69) is 10.3 Å². The van der Waals surface area contributed by atoms with Crippen LogP contribution in [-0.4, -0.2) is 28.6 Å². The average molecular weight is 320 g/mol. The van der Waals surface area contributed by atoms with Gasteiger partial charge < -0.3 is 19.8 Å². The Labute approximate surface area is 133 Å². The monoisotopic (exact) mass is 320 g/mol. The summed E-state index contributed by atoms with van der Waals surface area (Å²) in [6.45, 7) is 2.51. The molecule has 2 atom stereocenters. The number of rotatable bonds is 3. The van der Waals surface area contributed by atoms with Gasteiger partial charge >= 0.3 is 0 Å². The second-order valence-corrected chi connectivity index (χ2v) is 6.69. The van der Waals surface area contributed by atoms with Crippen molar-refractivity contribution in [2.45, 2.75) is 38.7 Å². The van der Waals surface area contributed by atoms with Crippen molar-refractivity contribution in [3.63, 3.8) is 0 Å². The van der Waals surface area contributed by atoms with E-state index in [9.17, 15) is 9.90 Å². The van der Waals surface area contributed by atoms with Gasteiger partial charge in [0.15, 0.2) is 5.58 Å². The fourth-order valence-electron chi connectivity index (χ4n) is 3.06. The van der Waals surface area contributed by atoms with Crippen LogP contribution >= 0.6 is 12.2 Å². The molecule has 1 aliphatic rings. The van der Waals surface area contributed by atoms with Gasteiger partial charge in [0.25, 0.3) is 10.7 Å². The lowest BCUT2D eigenvalue weighted by Gasteiger charge is -2.38. The molecule has 1 aromatic heterocycles. The number of hydrogen-bond acceptors (Lipinski definition) is 4. The zero-order valence-corrected chi connectivity index (χ0v) is 13.3. The van der Waals surface area contributed by atoms with Gasteiger partial charge in [-0.05, 0) is 43.3 Å². The zero-order chi connectivity index (χ0) is 15.7. The minimum atomic E-state index is -0.355. The molecule has 22 heavy (non-hydrogen) atoms. The lowest BCUT2D eigenvalue weighted by Crippen LogP contribution is -2.45. The van der Waals surface area contributed by atoms with E-state index in [0.717, 1.165) is 31.2 Å². The molecule has 1 saturated carbocycles. The number of H-pyrrole nitrogens is 1. The molecule has 0 aliphatic heterocycles. The smallest absolute Gasteiger partial charge is 0.266 e. The first kappa shape index (κ1) is 15.2. The molecule has 3 N–H and O–H groups in total. The third-order valence-corrected chi connectivity index (χ3v) is 4.80. The van der Waals surface area contributed by atoms with Crippen LogP contribution in [0.2, 0.25) is 0 Å². The highest BCUT2D eigenvalue weighted by Gasteiger charge is 2.35. The Morgan fingerprint density at radius 2 is 2.36 bits per heavy atom. The van der Waals surface area contributed by atoms with E-state index in [0.29, 0.717) is 22.5 Å². The summed E-state index contributed by atoms with van der Waals surface area (Å²) in [5.74, 6) is -0.164. The molecule has 118 valence electrons.